The molecule has 0 aliphatic carbocycles. The number of rotatable bonds is 6. The second kappa shape index (κ2) is 30.4. The van der Waals surface area contributed by atoms with Crippen LogP contribution in [0.3, 0.4) is 0 Å². The highest BCUT2D eigenvalue weighted by atomic mass is 32.2. The molecule has 0 aromatic rings. The molecular formula is C32H60N2O3S. The van der Waals surface area contributed by atoms with Gasteiger partial charge in [0.05, 0.1) is 19.1 Å². The Morgan fingerprint density at radius 2 is 1.26 bits per heavy atom. The first kappa shape index (κ1) is 41.3. The van der Waals surface area contributed by atoms with Crippen molar-refractivity contribution in [2.45, 2.75) is 99.7 Å². The molecule has 2 rings (SSSR count). The first-order valence-corrected chi connectivity index (χ1v) is 15.2. The fraction of sp³-hybridized carbons (Fsp3) is 0.812. The Kier molecular flexibility index (Phi) is 33.0. The molecule has 0 atom stereocenters. The Hall–Kier alpha value is -1.17. The molecule has 0 spiro atoms. The fourth-order valence-electron chi connectivity index (χ4n) is 3.25. The van der Waals surface area contributed by atoms with E-state index in [0.717, 1.165) is 12.5 Å². The van der Waals surface area contributed by atoms with E-state index < -0.39 is 0 Å². The van der Waals surface area contributed by atoms with Crippen LogP contribution in [0.5, 0.6) is 0 Å². The summed E-state index contributed by atoms with van der Waals surface area (Å²) in [6.07, 6.45) is 6.19. The second-order valence-electron chi connectivity index (χ2n) is 10.8. The number of likely N-dealkylation sites (tertiary alicyclic amines) is 2. The van der Waals surface area contributed by atoms with Gasteiger partial charge in [-0.25, -0.2) is 0 Å². The minimum atomic E-state index is -0.0305. The third-order valence-electron chi connectivity index (χ3n) is 4.86. The topological polar surface area (TPSA) is 67.2 Å². The van der Waals surface area contributed by atoms with Gasteiger partial charge in [-0.05, 0) is 92.4 Å². The van der Waals surface area contributed by atoms with Crippen molar-refractivity contribution in [2.75, 3.05) is 58.4 Å². The van der Waals surface area contributed by atoms with Gasteiger partial charge < -0.3 is 20.2 Å². The maximum atomic E-state index is 8.26. The van der Waals surface area contributed by atoms with Gasteiger partial charge in [-0.1, -0.05) is 45.5 Å². The highest BCUT2D eigenvalue weighted by molar-refractivity contribution is 7.99. The van der Waals surface area contributed by atoms with Gasteiger partial charge in [-0.3, -0.25) is 4.90 Å². The van der Waals surface area contributed by atoms with Crippen molar-refractivity contribution in [1.82, 2.24) is 9.80 Å². The summed E-state index contributed by atoms with van der Waals surface area (Å²) in [5.74, 6) is 17.9. The van der Waals surface area contributed by atoms with Crippen molar-refractivity contribution in [3.05, 3.63) is 0 Å². The molecule has 6 heteroatoms. The molecule has 0 aromatic carbocycles. The highest BCUT2D eigenvalue weighted by Crippen LogP contribution is 2.10. The van der Waals surface area contributed by atoms with E-state index in [1.807, 2.05) is 27.7 Å². The maximum Gasteiger partial charge on any atom is 0.104 e. The molecule has 0 unspecified atom stereocenters. The average Bonchev–Trinajstić information content (AvgIpc) is 3.55. The number of hydrogen-bond acceptors (Lipinski definition) is 6. The van der Waals surface area contributed by atoms with Crippen LogP contribution in [0.25, 0.3) is 0 Å². The molecule has 0 amide bonds. The molecule has 2 aliphatic rings. The van der Waals surface area contributed by atoms with Crippen molar-refractivity contribution < 1.29 is 15.3 Å². The molecular weight excluding hydrogens is 492 g/mol. The maximum absolute atomic E-state index is 8.26. The zero-order valence-corrected chi connectivity index (χ0v) is 27.0. The lowest BCUT2D eigenvalue weighted by atomic mass is 9.98. The number of aliphatic hydroxyl groups excluding tert-OH is 3. The summed E-state index contributed by atoms with van der Waals surface area (Å²) in [5.41, 5.74) is 0.0305. The molecule has 0 aromatic heterocycles. The smallest absolute Gasteiger partial charge is 0.104 e. The third kappa shape index (κ3) is 39.3. The van der Waals surface area contributed by atoms with Crippen LogP contribution in [0.4, 0.5) is 0 Å². The summed E-state index contributed by atoms with van der Waals surface area (Å²) in [6.45, 7) is 26.0. The van der Waals surface area contributed by atoms with Crippen LogP contribution in [-0.4, -0.2) is 88.8 Å². The van der Waals surface area contributed by atoms with Crippen LogP contribution in [0, 0.1) is 46.9 Å². The molecule has 3 N–H and O–H groups in total. The standard InChI is InChI=1S/C8H17N.C8H13N.C7H12O.C5H8O.C4H10OS/c1-8(2)7-9-5-3-4-6-9;1-2-3-6-9-7-4-5-8-9;1-7(2,3)5-4-6-8;1-2-3-4-5-6;1-4(2)6-3-5/h8H,3-7H2,1-2H3;4-8H2,1H3;8H,6H2,1-3H3;6H,4-5H2,1H3;4-5H,3H2,1-2H3. The number of thioether (sulfide) groups is 1. The van der Waals surface area contributed by atoms with Gasteiger partial charge in [0.25, 0.3) is 0 Å². The summed E-state index contributed by atoms with van der Waals surface area (Å²) < 4.78 is 0. The molecule has 222 valence electrons. The monoisotopic (exact) mass is 552 g/mol. The lowest BCUT2D eigenvalue weighted by molar-refractivity contribution is 0.298. The predicted molar refractivity (Wildman–Crippen MR) is 169 cm³/mol. The molecule has 5 nitrogen and oxygen atoms in total. The molecule has 2 saturated heterocycles. The molecule has 0 saturated carbocycles. The van der Waals surface area contributed by atoms with E-state index in [1.165, 1.54) is 58.4 Å². The summed E-state index contributed by atoms with van der Waals surface area (Å²) in [5, 5.41) is 25.1. The Bertz CT molecular complexity index is 673. The van der Waals surface area contributed by atoms with E-state index in [2.05, 4.69) is 73.0 Å². The normalized spacial score (nSPS) is 14.4. The van der Waals surface area contributed by atoms with Crippen molar-refractivity contribution in [2.24, 2.45) is 11.3 Å². The zero-order chi connectivity index (χ0) is 29.7. The highest BCUT2D eigenvalue weighted by Gasteiger charge is 2.11. The lowest BCUT2D eigenvalue weighted by Gasteiger charge is -2.16. The number of hydrogen-bond donors (Lipinski definition) is 3. The van der Waals surface area contributed by atoms with Crippen LogP contribution in [0.2, 0.25) is 0 Å². The van der Waals surface area contributed by atoms with E-state index in [0.29, 0.717) is 11.7 Å². The van der Waals surface area contributed by atoms with E-state index in [1.54, 1.807) is 18.7 Å². The molecule has 2 aliphatic heterocycles. The summed E-state index contributed by atoms with van der Waals surface area (Å²) in [7, 11) is 0. The third-order valence-corrected chi connectivity index (χ3v) is 5.68. The van der Waals surface area contributed by atoms with Gasteiger partial charge in [0.1, 0.15) is 6.61 Å². The van der Waals surface area contributed by atoms with Gasteiger partial charge >= 0.3 is 0 Å². The number of aliphatic hydroxyl groups is 3. The Labute approximate surface area is 241 Å². The number of nitrogens with zero attached hydrogens (tertiary/aromatic N) is 2. The van der Waals surface area contributed by atoms with Gasteiger partial charge in [0.2, 0.25) is 0 Å². The second-order valence-corrected chi connectivity index (χ2v) is 12.3. The van der Waals surface area contributed by atoms with Gasteiger partial charge in [-0.2, -0.15) is 0 Å². The zero-order valence-electron chi connectivity index (χ0n) is 26.2. The Balaban J connectivity index is -0.000000408. The van der Waals surface area contributed by atoms with Crippen LogP contribution in [0.15, 0.2) is 0 Å². The SMILES string of the molecule is CC#CCCO.CC#CCN1CCCC1.CC(C)(C)C#CCO.CC(C)CN1CCCC1.CC(C)SCO. The van der Waals surface area contributed by atoms with E-state index in [9.17, 15) is 0 Å². The average molecular weight is 553 g/mol. The predicted octanol–water partition coefficient (Wildman–Crippen LogP) is 5.34. The van der Waals surface area contributed by atoms with E-state index >= 15 is 0 Å². The first-order chi connectivity index (χ1) is 18.0. The molecule has 2 fully saturated rings. The van der Waals surface area contributed by atoms with Crippen molar-refractivity contribution in [3.8, 4) is 35.5 Å². The van der Waals surface area contributed by atoms with E-state index in [-0.39, 0.29) is 24.6 Å². The summed E-state index contributed by atoms with van der Waals surface area (Å²) >= 11 is 1.54. The van der Waals surface area contributed by atoms with Gasteiger partial charge in [0, 0.05) is 23.6 Å². The molecule has 0 radical (unpaired) electrons. The van der Waals surface area contributed by atoms with Gasteiger partial charge in [0.15, 0.2) is 0 Å². The molecule has 0 bridgehead atoms. The van der Waals surface area contributed by atoms with Gasteiger partial charge in [-0.15, -0.1) is 29.5 Å². The fourth-order valence-corrected chi connectivity index (χ4v) is 3.55. The van der Waals surface area contributed by atoms with Crippen LogP contribution >= 0.6 is 11.8 Å². The lowest BCUT2D eigenvalue weighted by Crippen LogP contribution is -2.23. The van der Waals surface area contributed by atoms with Crippen molar-refractivity contribution >= 4 is 11.8 Å². The first-order valence-electron chi connectivity index (χ1n) is 14.1. The Morgan fingerprint density at radius 1 is 0.763 bits per heavy atom. The summed E-state index contributed by atoms with van der Waals surface area (Å²) in [4.78, 5) is 4.96. The minimum Gasteiger partial charge on any atom is -0.395 e. The van der Waals surface area contributed by atoms with Crippen LogP contribution < -0.4 is 0 Å². The Morgan fingerprint density at radius 3 is 1.53 bits per heavy atom. The van der Waals surface area contributed by atoms with E-state index in [4.69, 9.17) is 15.3 Å². The van der Waals surface area contributed by atoms with Crippen LogP contribution in [-0.2, 0) is 0 Å². The minimum absolute atomic E-state index is 0.0305. The van der Waals surface area contributed by atoms with Crippen molar-refractivity contribution in [3.63, 3.8) is 0 Å². The molecule has 2 heterocycles. The molecule has 38 heavy (non-hydrogen) atoms. The quantitative estimate of drug-likeness (QED) is 0.305. The van der Waals surface area contributed by atoms with Crippen molar-refractivity contribution in [1.29, 1.82) is 0 Å². The largest absolute Gasteiger partial charge is 0.395 e. The summed E-state index contributed by atoms with van der Waals surface area (Å²) in [6, 6.07) is 0. The van der Waals surface area contributed by atoms with Crippen LogP contribution in [0.1, 0.15) is 94.4 Å².